The molecule has 3 heterocycles. The molecule has 0 aliphatic rings. The van der Waals surface area contributed by atoms with Crippen molar-refractivity contribution in [2.24, 2.45) is 0 Å². The fraction of sp³-hybridized carbons (Fsp3) is 0. The Hall–Kier alpha value is -7.92. The molecule has 0 spiro atoms. The van der Waals surface area contributed by atoms with E-state index in [0.717, 1.165) is 82.5 Å². The molecule has 0 aliphatic carbocycles. The molecule has 62 heavy (non-hydrogen) atoms. The van der Waals surface area contributed by atoms with Gasteiger partial charge in [0.25, 0.3) is 0 Å². The second-order valence-electron chi connectivity index (χ2n) is 15.4. The summed E-state index contributed by atoms with van der Waals surface area (Å²) in [7, 11) is 0. The molecule has 0 bridgehead atoms. The minimum absolute atomic E-state index is 0.613. The number of allylic oxidation sites excluding steroid dienone is 4. The zero-order valence-electron chi connectivity index (χ0n) is 33.9. The lowest BCUT2D eigenvalue weighted by molar-refractivity contribution is 1.17. The Morgan fingerprint density at radius 3 is 1.48 bits per heavy atom. The standard InChI is InChI=1S/C58H39N3S/c1-3-19-38(4-2)58-59-54(57-55(60-58)48-28-17-18-29-53(48)62-57)45-34-49(41-24-13-7-14-25-41)56(50(35-45)42-26-15-8-16-27-42)61-51-36-43(39-20-9-5-10-21-39)30-32-46(51)47-33-31-44(37-52(47)61)40-22-11-6-12-23-40/h3-37H,1-2H2/b38-19+. The van der Waals surface area contributed by atoms with E-state index in [-0.39, 0.29) is 0 Å². The Kier molecular flexibility index (Phi) is 9.33. The molecule has 0 atom stereocenters. The van der Waals surface area contributed by atoms with E-state index in [1.807, 2.05) is 12.2 Å². The lowest BCUT2D eigenvalue weighted by atomic mass is 9.91. The molecule has 3 aromatic heterocycles. The first kappa shape index (κ1) is 37.1. The highest BCUT2D eigenvalue weighted by molar-refractivity contribution is 7.26. The molecule has 11 rings (SSSR count). The summed E-state index contributed by atoms with van der Waals surface area (Å²) in [5.74, 6) is 0.613. The Bertz CT molecular complexity index is 3370. The molecule has 4 heteroatoms. The predicted octanol–water partition coefficient (Wildman–Crippen LogP) is 16.0. The first-order valence-electron chi connectivity index (χ1n) is 20.8. The number of nitrogens with zero attached hydrogens (tertiary/aromatic N) is 3. The van der Waals surface area contributed by atoms with Crippen LogP contribution in [0.3, 0.4) is 0 Å². The Morgan fingerprint density at radius 2 is 0.968 bits per heavy atom. The number of benzene rings is 8. The monoisotopic (exact) mass is 809 g/mol. The minimum Gasteiger partial charge on any atom is -0.308 e. The fourth-order valence-electron chi connectivity index (χ4n) is 8.84. The minimum atomic E-state index is 0.613. The molecule has 0 saturated carbocycles. The van der Waals surface area contributed by atoms with Gasteiger partial charge in [0, 0.05) is 43.1 Å². The van der Waals surface area contributed by atoms with Gasteiger partial charge in [-0.05, 0) is 63.7 Å². The normalized spacial score (nSPS) is 11.8. The second kappa shape index (κ2) is 15.6. The van der Waals surface area contributed by atoms with Crippen LogP contribution in [0.5, 0.6) is 0 Å². The van der Waals surface area contributed by atoms with E-state index in [0.29, 0.717) is 5.82 Å². The maximum absolute atomic E-state index is 5.41. The largest absolute Gasteiger partial charge is 0.308 e. The van der Waals surface area contributed by atoms with E-state index in [9.17, 15) is 0 Å². The highest BCUT2D eigenvalue weighted by Crippen LogP contribution is 2.47. The molecule has 0 radical (unpaired) electrons. The molecule has 0 saturated heterocycles. The summed E-state index contributed by atoms with van der Waals surface area (Å²) in [4.78, 5) is 10.6. The Balaban J connectivity index is 1.30. The van der Waals surface area contributed by atoms with Crippen molar-refractivity contribution >= 4 is 59.0 Å². The zero-order chi connectivity index (χ0) is 41.6. The molecular formula is C58H39N3S. The van der Waals surface area contributed by atoms with Crippen LogP contribution in [-0.4, -0.2) is 14.5 Å². The van der Waals surface area contributed by atoms with Crippen LogP contribution >= 0.6 is 11.3 Å². The molecular weight excluding hydrogens is 771 g/mol. The van der Waals surface area contributed by atoms with E-state index >= 15 is 0 Å². The predicted molar refractivity (Wildman–Crippen MR) is 265 cm³/mol. The van der Waals surface area contributed by atoms with Gasteiger partial charge in [0.05, 0.1) is 32.6 Å². The van der Waals surface area contributed by atoms with Gasteiger partial charge in [-0.2, -0.15) is 0 Å². The topological polar surface area (TPSA) is 30.7 Å². The van der Waals surface area contributed by atoms with E-state index < -0.39 is 0 Å². The maximum atomic E-state index is 5.41. The smallest absolute Gasteiger partial charge is 0.160 e. The fourth-order valence-corrected chi connectivity index (χ4v) is 10.00. The van der Waals surface area contributed by atoms with Crippen LogP contribution in [-0.2, 0) is 0 Å². The van der Waals surface area contributed by atoms with Gasteiger partial charge in [0.1, 0.15) is 0 Å². The molecule has 3 nitrogen and oxygen atoms in total. The van der Waals surface area contributed by atoms with Crippen molar-refractivity contribution < 1.29 is 0 Å². The van der Waals surface area contributed by atoms with Crippen molar-refractivity contribution in [1.29, 1.82) is 0 Å². The van der Waals surface area contributed by atoms with Crippen LogP contribution in [0.25, 0.3) is 109 Å². The molecule has 0 fully saturated rings. The van der Waals surface area contributed by atoms with Gasteiger partial charge in [-0.25, -0.2) is 9.97 Å². The molecule has 0 amide bonds. The number of fused-ring (bicyclic) bond motifs is 6. The van der Waals surface area contributed by atoms with E-state index in [4.69, 9.17) is 9.97 Å². The van der Waals surface area contributed by atoms with Crippen LogP contribution in [0.15, 0.2) is 226 Å². The Labute approximate surface area is 364 Å². The lowest BCUT2D eigenvalue weighted by Gasteiger charge is -2.21. The number of aromatic nitrogens is 3. The first-order chi connectivity index (χ1) is 30.7. The highest BCUT2D eigenvalue weighted by atomic mass is 32.1. The van der Waals surface area contributed by atoms with E-state index in [1.165, 1.54) is 26.6 Å². The van der Waals surface area contributed by atoms with Gasteiger partial charge >= 0.3 is 0 Å². The number of thiophene rings is 1. The third kappa shape index (κ3) is 6.37. The number of hydrogen-bond donors (Lipinski definition) is 0. The van der Waals surface area contributed by atoms with Gasteiger partial charge in [-0.1, -0.05) is 195 Å². The number of rotatable bonds is 9. The van der Waals surface area contributed by atoms with E-state index in [1.54, 1.807) is 17.4 Å². The van der Waals surface area contributed by atoms with Crippen molar-refractivity contribution in [3.8, 4) is 61.5 Å². The third-order valence-electron chi connectivity index (χ3n) is 11.8. The van der Waals surface area contributed by atoms with Crippen LogP contribution in [0.1, 0.15) is 5.82 Å². The average Bonchev–Trinajstić information content (AvgIpc) is 3.88. The average molecular weight is 810 g/mol. The first-order valence-corrected chi connectivity index (χ1v) is 21.6. The lowest BCUT2D eigenvalue weighted by Crippen LogP contribution is -2.03. The molecule has 292 valence electrons. The van der Waals surface area contributed by atoms with Crippen LogP contribution < -0.4 is 0 Å². The Morgan fingerprint density at radius 1 is 0.468 bits per heavy atom. The molecule has 0 aliphatic heterocycles. The van der Waals surface area contributed by atoms with Gasteiger partial charge < -0.3 is 4.57 Å². The van der Waals surface area contributed by atoms with Gasteiger partial charge in [-0.15, -0.1) is 11.3 Å². The zero-order valence-corrected chi connectivity index (χ0v) is 34.7. The van der Waals surface area contributed by atoms with Crippen LogP contribution in [0, 0.1) is 0 Å². The maximum Gasteiger partial charge on any atom is 0.160 e. The van der Waals surface area contributed by atoms with Crippen molar-refractivity contribution in [3.63, 3.8) is 0 Å². The molecule has 0 unspecified atom stereocenters. The summed E-state index contributed by atoms with van der Waals surface area (Å²) >= 11 is 1.74. The highest BCUT2D eigenvalue weighted by Gasteiger charge is 2.25. The summed E-state index contributed by atoms with van der Waals surface area (Å²) in [6.07, 6.45) is 5.50. The van der Waals surface area contributed by atoms with Gasteiger partial charge in [-0.3, -0.25) is 0 Å². The summed E-state index contributed by atoms with van der Waals surface area (Å²) in [6.45, 7) is 8.13. The van der Waals surface area contributed by atoms with Crippen LogP contribution in [0.2, 0.25) is 0 Å². The quantitative estimate of drug-likeness (QED) is 0.136. The van der Waals surface area contributed by atoms with Crippen LogP contribution in [0.4, 0.5) is 0 Å². The molecule has 11 aromatic rings. The van der Waals surface area contributed by atoms with Crippen molar-refractivity contribution in [1.82, 2.24) is 14.5 Å². The third-order valence-corrected chi connectivity index (χ3v) is 12.9. The summed E-state index contributed by atoms with van der Waals surface area (Å²) in [5, 5.41) is 3.50. The van der Waals surface area contributed by atoms with E-state index in [2.05, 4.69) is 212 Å². The van der Waals surface area contributed by atoms with Gasteiger partial charge in [0.2, 0.25) is 0 Å². The number of hydrogen-bond acceptors (Lipinski definition) is 3. The second-order valence-corrected chi connectivity index (χ2v) is 16.5. The molecule has 8 aromatic carbocycles. The van der Waals surface area contributed by atoms with Crippen molar-refractivity contribution in [3.05, 3.63) is 231 Å². The van der Waals surface area contributed by atoms with Gasteiger partial charge in [0.15, 0.2) is 5.82 Å². The summed E-state index contributed by atoms with van der Waals surface area (Å²) in [5.41, 5.74) is 16.1. The summed E-state index contributed by atoms with van der Waals surface area (Å²) < 4.78 is 4.72. The molecule has 0 N–H and O–H groups in total. The van der Waals surface area contributed by atoms with Crippen molar-refractivity contribution in [2.45, 2.75) is 0 Å². The summed E-state index contributed by atoms with van der Waals surface area (Å²) in [6, 6.07) is 69.9. The SMILES string of the molecule is C=C/C=C(\C=C)c1nc(-c2cc(-c3ccccc3)c(-n3c4cc(-c5ccccc5)ccc4c4ccc(-c5ccccc5)cc43)c(-c3ccccc3)c2)c2sc3ccccc3c2n1. The van der Waals surface area contributed by atoms with Crippen molar-refractivity contribution in [2.75, 3.05) is 0 Å².